The van der Waals surface area contributed by atoms with E-state index in [1.165, 1.54) is 19.2 Å². The lowest BCUT2D eigenvalue weighted by Gasteiger charge is -2.43. The number of phenols is 2. The zero-order valence-corrected chi connectivity index (χ0v) is 29.5. The number of benzene rings is 2. The minimum absolute atomic E-state index is 0.00155. The van der Waals surface area contributed by atoms with Gasteiger partial charge in [-0.3, -0.25) is 19.3 Å². The molecule has 0 saturated carbocycles. The van der Waals surface area contributed by atoms with Crippen LogP contribution in [-0.2, 0) is 34.9 Å². The molecule has 7 rings (SSSR count). The number of rotatable bonds is 9. The minimum atomic E-state index is -2.10. The van der Waals surface area contributed by atoms with E-state index >= 15 is 0 Å². The first-order valence-electron chi connectivity index (χ1n) is 17.6. The van der Waals surface area contributed by atoms with E-state index in [1.54, 1.807) is 13.2 Å². The van der Waals surface area contributed by atoms with Crippen LogP contribution >= 0.6 is 0 Å². The van der Waals surface area contributed by atoms with E-state index < -0.39 is 83.1 Å². The van der Waals surface area contributed by atoms with Crippen molar-refractivity contribution in [3.63, 3.8) is 0 Å². The van der Waals surface area contributed by atoms with Crippen molar-refractivity contribution in [2.24, 2.45) is 5.92 Å². The third-order valence-corrected chi connectivity index (χ3v) is 10.8. The second-order valence-electron chi connectivity index (χ2n) is 14.5. The Kier molecular flexibility index (Phi) is 9.63. The molecule has 2 aromatic rings. The predicted molar refractivity (Wildman–Crippen MR) is 179 cm³/mol. The van der Waals surface area contributed by atoms with Gasteiger partial charge in [0.05, 0.1) is 42.6 Å². The zero-order valence-electron chi connectivity index (χ0n) is 29.5. The number of nitrogens with zero attached hydrogens (tertiary/aromatic N) is 1. The zero-order chi connectivity index (χ0) is 36.4. The lowest BCUT2D eigenvalue weighted by Crippen LogP contribution is -2.55. The number of nitrogens with one attached hydrogen (secondary N) is 1. The maximum absolute atomic E-state index is 14.0. The van der Waals surface area contributed by atoms with Gasteiger partial charge < -0.3 is 49.1 Å². The fourth-order valence-electron chi connectivity index (χ4n) is 8.38. The average Bonchev–Trinajstić information content (AvgIpc) is 3.49. The molecule has 1 amide bonds. The van der Waals surface area contributed by atoms with Crippen LogP contribution in [0, 0.1) is 5.92 Å². The number of carbonyl (C=O) groups is 3. The van der Waals surface area contributed by atoms with Gasteiger partial charge in [0.25, 0.3) is 5.91 Å². The van der Waals surface area contributed by atoms with Crippen molar-refractivity contribution in [1.82, 2.24) is 10.2 Å². The lowest BCUT2D eigenvalue weighted by molar-refractivity contribution is -0.256. The molecule has 3 heterocycles. The van der Waals surface area contributed by atoms with Gasteiger partial charge in [-0.05, 0) is 31.7 Å². The number of methoxy groups -OCH3 is 2. The lowest BCUT2D eigenvalue weighted by atomic mass is 9.72. The summed E-state index contributed by atoms with van der Waals surface area (Å²) in [5, 5.41) is 38.6. The number of aliphatic hydroxyl groups is 1. The molecular formula is C37H46N2O12. The third kappa shape index (κ3) is 6.00. The van der Waals surface area contributed by atoms with Crippen molar-refractivity contribution >= 4 is 17.5 Å². The highest BCUT2D eigenvalue weighted by molar-refractivity contribution is 6.31. The molecule has 0 bridgehead atoms. The topological polar surface area (TPSA) is 183 Å². The molecule has 1 unspecified atom stereocenters. The minimum Gasteiger partial charge on any atom is -0.507 e. The second-order valence-corrected chi connectivity index (χ2v) is 14.5. The number of ether oxygens (including phenoxy) is 6. The molecule has 3 saturated heterocycles. The summed E-state index contributed by atoms with van der Waals surface area (Å²) in [5.41, 5.74) is -2.99. The predicted octanol–water partition coefficient (Wildman–Crippen LogP) is 2.70. The summed E-state index contributed by atoms with van der Waals surface area (Å²) in [4.78, 5) is 43.8. The summed E-state index contributed by atoms with van der Waals surface area (Å²) in [6.07, 6.45) is -2.80. The van der Waals surface area contributed by atoms with Crippen LogP contribution in [0.1, 0.15) is 95.5 Å². The fraction of sp³-hybridized carbons (Fsp3) is 0.595. The molecule has 4 N–H and O–H groups in total. The SMILES string of the molecule is COc1cccc2c1C(=O)c1c(O)c3c(c(O)c1C2=O)C[C@@](O)(C(=O)NCCCC(C)C)C[C@@H]3OC1C[C@H]2[C@H](O[C@@H]3[C@@H](OC)OCCN32)[C@H](C)O1. The van der Waals surface area contributed by atoms with Crippen molar-refractivity contribution in [3.8, 4) is 17.2 Å². The molecule has 14 nitrogen and oxygen atoms in total. The highest BCUT2D eigenvalue weighted by Crippen LogP contribution is 2.53. The average molecular weight is 711 g/mol. The Balaban J connectivity index is 1.27. The van der Waals surface area contributed by atoms with Crippen LogP contribution < -0.4 is 10.1 Å². The van der Waals surface area contributed by atoms with Gasteiger partial charge in [0.2, 0.25) is 5.78 Å². The molecule has 51 heavy (non-hydrogen) atoms. The van der Waals surface area contributed by atoms with Crippen LogP contribution in [0.3, 0.4) is 0 Å². The molecule has 8 atom stereocenters. The van der Waals surface area contributed by atoms with Gasteiger partial charge >= 0.3 is 0 Å². The van der Waals surface area contributed by atoms with Crippen LogP contribution in [0.2, 0.25) is 0 Å². The Bertz CT molecular complexity index is 1730. The summed E-state index contributed by atoms with van der Waals surface area (Å²) in [6.45, 7) is 7.37. The number of fused-ring (bicyclic) bond motifs is 6. The van der Waals surface area contributed by atoms with Crippen LogP contribution in [0.15, 0.2) is 18.2 Å². The summed E-state index contributed by atoms with van der Waals surface area (Å²) >= 11 is 0. The van der Waals surface area contributed by atoms with Gasteiger partial charge in [-0.1, -0.05) is 26.0 Å². The van der Waals surface area contributed by atoms with Crippen LogP contribution in [0.5, 0.6) is 17.2 Å². The fourth-order valence-corrected chi connectivity index (χ4v) is 8.38. The number of phenolic OH excluding ortho intramolecular Hbond substituents is 2. The van der Waals surface area contributed by atoms with Gasteiger partial charge in [0.1, 0.15) is 29.0 Å². The number of carbonyl (C=O) groups excluding carboxylic acids is 3. The third-order valence-electron chi connectivity index (χ3n) is 10.8. The molecule has 14 heteroatoms. The van der Waals surface area contributed by atoms with E-state index in [2.05, 4.69) is 24.1 Å². The van der Waals surface area contributed by atoms with Gasteiger partial charge in [-0.25, -0.2) is 0 Å². The Morgan fingerprint density at radius 1 is 1.10 bits per heavy atom. The smallest absolute Gasteiger partial charge is 0.252 e. The maximum atomic E-state index is 14.0. The Morgan fingerprint density at radius 3 is 2.59 bits per heavy atom. The van der Waals surface area contributed by atoms with Crippen LogP contribution in [0.25, 0.3) is 0 Å². The Labute approximate surface area is 295 Å². The molecule has 0 spiro atoms. The van der Waals surface area contributed by atoms with Crippen molar-refractivity contribution in [3.05, 3.63) is 51.6 Å². The number of amides is 1. The molecular weight excluding hydrogens is 664 g/mol. The number of morpholine rings is 1. The normalized spacial score (nSPS) is 31.4. The number of ketones is 2. The molecule has 0 radical (unpaired) electrons. The Morgan fingerprint density at radius 2 is 1.86 bits per heavy atom. The first kappa shape index (κ1) is 35.8. The summed E-state index contributed by atoms with van der Waals surface area (Å²) in [6, 6.07) is 4.38. The van der Waals surface area contributed by atoms with Crippen molar-refractivity contribution < 1.29 is 58.1 Å². The van der Waals surface area contributed by atoms with Gasteiger partial charge in [0.15, 0.2) is 24.6 Å². The second kappa shape index (κ2) is 13.7. The Hall–Kier alpha value is -3.63. The van der Waals surface area contributed by atoms with Crippen molar-refractivity contribution in [2.75, 3.05) is 33.9 Å². The molecule has 276 valence electrons. The van der Waals surface area contributed by atoms with Crippen molar-refractivity contribution in [1.29, 1.82) is 0 Å². The highest BCUT2D eigenvalue weighted by Gasteiger charge is 2.55. The summed E-state index contributed by atoms with van der Waals surface area (Å²) < 4.78 is 35.8. The first-order valence-corrected chi connectivity index (χ1v) is 17.6. The quantitative estimate of drug-likeness (QED) is 0.188. The van der Waals surface area contributed by atoms with E-state index in [-0.39, 0.29) is 46.6 Å². The highest BCUT2D eigenvalue weighted by atomic mass is 16.7. The van der Waals surface area contributed by atoms with Crippen LogP contribution in [0.4, 0.5) is 0 Å². The monoisotopic (exact) mass is 710 g/mol. The maximum Gasteiger partial charge on any atom is 0.252 e. The van der Waals surface area contributed by atoms with E-state index in [1.807, 2.05) is 6.92 Å². The van der Waals surface area contributed by atoms with Crippen LogP contribution in [-0.4, -0.2) is 114 Å². The van der Waals surface area contributed by atoms with Gasteiger partial charge in [0, 0.05) is 62.2 Å². The summed E-state index contributed by atoms with van der Waals surface area (Å²) in [5.74, 6) is -2.70. The molecule has 0 aromatic heterocycles. The number of hydrogen-bond acceptors (Lipinski definition) is 13. The van der Waals surface area contributed by atoms with E-state index in [0.717, 1.165) is 6.42 Å². The standard InChI is InChI=1S/C37H46N2O12/c1-17(2)8-7-11-38-36(44)37(45)15-20-26(32(43)28-27(30(20)41)29(40)19-9-6-10-22(46-4)25(19)31(28)42)23(16-37)50-24-14-21-33(18(3)49-24)51-34-35(47-5)48-13-12-39(21)34/h6,9-10,17-18,21,23-24,33-35,41,43,45H,7-8,11-16H2,1-5H3,(H,38,44)/t18-,21-,23-,24?,33+,34+,35-,37-/m0/s1. The largest absolute Gasteiger partial charge is 0.507 e. The first-order chi connectivity index (χ1) is 24.4. The van der Waals surface area contributed by atoms with Crippen molar-refractivity contribution in [2.45, 2.75) is 102 Å². The molecule has 3 fully saturated rings. The molecule has 2 aromatic carbocycles. The molecule has 3 aliphatic heterocycles. The van der Waals surface area contributed by atoms with E-state index in [4.69, 9.17) is 28.4 Å². The van der Waals surface area contributed by atoms with Gasteiger partial charge in [-0.15, -0.1) is 0 Å². The molecule has 5 aliphatic rings. The van der Waals surface area contributed by atoms with Gasteiger partial charge in [-0.2, -0.15) is 0 Å². The number of hydrogen-bond donors (Lipinski definition) is 4. The van der Waals surface area contributed by atoms with E-state index in [9.17, 15) is 29.7 Å². The number of aromatic hydroxyl groups is 2. The van der Waals surface area contributed by atoms with E-state index in [0.29, 0.717) is 38.5 Å². The summed E-state index contributed by atoms with van der Waals surface area (Å²) in [7, 11) is 2.92. The molecule has 2 aliphatic carbocycles.